The summed E-state index contributed by atoms with van der Waals surface area (Å²) in [5.41, 5.74) is 4.87. The molecule has 3 aromatic carbocycles. The highest BCUT2D eigenvalue weighted by Crippen LogP contribution is 2.43. The molecule has 32 heavy (non-hydrogen) atoms. The molecule has 1 aliphatic rings. The minimum Gasteiger partial charge on any atom is -0.457 e. The van der Waals surface area contributed by atoms with Gasteiger partial charge in [-0.15, -0.1) is 0 Å². The number of para-hydroxylation sites is 2. The van der Waals surface area contributed by atoms with Gasteiger partial charge >= 0.3 is 0 Å². The van der Waals surface area contributed by atoms with Crippen LogP contribution in [0.4, 0.5) is 0 Å². The number of nitrogens with one attached hydrogen (secondary N) is 1. The molecule has 0 unspecified atom stereocenters. The van der Waals surface area contributed by atoms with Gasteiger partial charge in [0.25, 0.3) is 5.91 Å². The smallest absolute Gasteiger partial charge is 0.252 e. The zero-order chi connectivity index (χ0) is 22.1. The topological polar surface area (TPSA) is 63.8 Å². The van der Waals surface area contributed by atoms with Crippen LogP contribution in [0.1, 0.15) is 22.8 Å². The monoisotopic (exact) mass is 462 g/mol. The van der Waals surface area contributed by atoms with Crippen LogP contribution >= 0.6 is 23.2 Å². The molecule has 0 spiro atoms. The molecule has 1 aliphatic heterocycles. The minimum absolute atomic E-state index is 0.269. The maximum atomic E-state index is 13.1. The van der Waals surface area contributed by atoms with Crippen molar-refractivity contribution in [1.29, 1.82) is 0 Å². The fourth-order valence-electron chi connectivity index (χ4n) is 3.68. The Bertz CT molecular complexity index is 1300. The summed E-state index contributed by atoms with van der Waals surface area (Å²) in [5, 5.41) is 4.95. The predicted octanol–water partition coefficient (Wildman–Crippen LogP) is 6.64. The summed E-state index contributed by atoms with van der Waals surface area (Å²) in [7, 11) is 0. The highest BCUT2D eigenvalue weighted by atomic mass is 35.5. The number of benzene rings is 3. The molecular weight excluding hydrogens is 447 g/mol. The summed E-state index contributed by atoms with van der Waals surface area (Å²) in [4.78, 5) is 13.1. The summed E-state index contributed by atoms with van der Waals surface area (Å²) in [6, 6.07) is 23.8. The maximum Gasteiger partial charge on any atom is 0.252 e. The first-order valence-corrected chi connectivity index (χ1v) is 10.6. The van der Waals surface area contributed by atoms with Crippen LogP contribution < -0.4 is 10.2 Å². The Morgan fingerprint density at radius 2 is 1.56 bits per heavy atom. The number of hydrogen-bond donors (Lipinski definition) is 1. The molecule has 0 atom stereocenters. The molecule has 0 radical (unpaired) electrons. The summed E-state index contributed by atoms with van der Waals surface area (Å²) in [5.74, 6) is 1.52. The number of rotatable bonds is 4. The normalized spacial score (nSPS) is 12.8. The van der Waals surface area contributed by atoms with Crippen molar-refractivity contribution in [2.45, 2.75) is 5.92 Å². The van der Waals surface area contributed by atoms with Crippen LogP contribution in [0.15, 0.2) is 88.4 Å². The second-order valence-electron chi connectivity index (χ2n) is 7.15. The first-order valence-electron chi connectivity index (χ1n) is 9.84. The Labute approximate surface area is 194 Å². The lowest BCUT2D eigenvalue weighted by molar-refractivity contribution is -0.121. The van der Waals surface area contributed by atoms with Crippen LogP contribution in [-0.2, 0) is 4.79 Å². The van der Waals surface area contributed by atoms with Crippen molar-refractivity contribution >= 4 is 35.3 Å². The van der Waals surface area contributed by atoms with Gasteiger partial charge in [0.1, 0.15) is 23.0 Å². The van der Waals surface area contributed by atoms with E-state index in [0.717, 1.165) is 11.1 Å². The number of hydrogen-bond acceptors (Lipinski definition) is 4. The summed E-state index contributed by atoms with van der Waals surface area (Å²) < 4.78 is 11.7. The molecule has 1 aromatic heterocycles. The molecule has 0 saturated heterocycles. The first kappa shape index (κ1) is 20.4. The number of fused-ring (bicyclic) bond motifs is 2. The number of carbonyl (C=O) groups is 1. The van der Waals surface area contributed by atoms with Gasteiger partial charge in [-0.2, -0.15) is 5.10 Å². The van der Waals surface area contributed by atoms with Gasteiger partial charge in [0.15, 0.2) is 0 Å². The maximum absolute atomic E-state index is 13.1. The van der Waals surface area contributed by atoms with Crippen molar-refractivity contribution in [2.24, 2.45) is 5.10 Å². The van der Waals surface area contributed by atoms with Crippen molar-refractivity contribution in [1.82, 2.24) is 5.43 Å². The molecule has 5 nitrogen and oxygen atoms in total. The van der Waals surface area contributed by atoms with E-state index in [1.165, 1.54) is 6.21 Å². The van der Waals surface area contributed by atoms with Crippen molar-refractivity contribution in [3.63, 3.8) is 0 Å². The van der Waals surface area contributed by atoms with Gasteiger partial charge in [0.05, 0.1) is 22.2 Å². The summed E-state index contributed by atoms with van der Waals surface area (Å²) in [6.45, 7) is 0. The van der Waals surface area contributed by atoms with Crippen molar-refractivity contribution in [3.8, 4) is 22.8 Å². The zero-order valence-corrected chi connectivity index (χ0v) is 18.1. The lowest BCUT2D eigenvalue weighted by Crippen LogP contribution is -2.28. The molecule has 0 aliphatic carbocycles. The Balaban J connectivity index is 1.36. The molecule has 2 heterocycles. The van der Waals surface area contributed by atoms with Gasteiger partial charge in [0, 0.05) is 16.7 Å². The van der Waals surface area contributed by atoms with E-state index >= 15 is 0 Å². The van der Waals surface area contributed by atoms with Crippen molar-refractivity contribution in [2.75, 3.05) is 0 Å². The lowest BCUT2D eigenvalue weighted by Gasteiger charge is -2.26. The zero-order valence-electron chi connectivity index (χ0n) is 16.6. The molecule has 4 aromatic rings. The quantitative estimate of drug-likeness (QED) is 0.273. The van der Waals surface area contributed by atoms with E-state index < -0.39 is 5.92 Å². The van der Waals surface area contributed by atoms with Crippen LogP contribution in [0, 0.1) is 0 Å². The van der Waals surface area contributed by atoms with E-state index in [0.29, 0.717) is 38.6 Å². The number of hydrazone groups is 1. The average Bonchev–Trinajstić information content (AvgIpc) is 3.27. The Kier molecular flexibility index (Phi) is 5.43. The van der Waals surface area contributed by atoms with Gasteiger partial charge in [-0.3, -0.25) is 4.79 Å². The van der Waals surface area contributed by atoms with Crippen LogP contribution in [0.2, 0.25) is 10.0 Å². The highest BCUT2D eigenvalue weighted by Gasteiger charge is 2.32. The largest absolute Gasteiger partial charge is 0.457 e. The predicted molar refractivity (Wildman–Crippen MR) is 125 cm³/mol. The first-order chi connectivity index (χ1) is 15.6. The molecule has 1 amide bonds. The number of carbonyl (C=O) groups excluding carboxylic acids is 1. The summed E-state index contributed by atoms with van der Waals surface area (Å²) in [6.07, 6.45) is 1.44. The number of halogens is 2. The van der Waals surface area contributed by atoms with Gasteiger partial charge in [-0.05, 0) is 36.4 Å². The lowest BCUT2D eigenvalue weighted by atomic mass is 9.87. The fraction of sp³-hybridized carbons (Fsp3) is 0.0400. The second-order valence-corrected chi connectivity index (χ2v) is 7.93. The van der Waals surface area contributed by atoms with E-state index in [-0.39, 0.29) is 5.91 Å². The molecule has 0 fully saturated rings. The van der Waals surface area contributed by atoms with Crippen LogP contribution in [0.25, 0.3) is 11.3 Å². The van der Waals surface area contributed by atoms with Crippen LogP contribution in [-0.4, -0.2) is 12.1 Å². The fourth-order valence-corrected chi connectivity index (χ4v) is 4.07. The Hall–Kier alpha value is -3.54. The van der Waals surface area contributed by atoms with Crippen molar-refractivity contribution in [3.05, 3.63) is 106 Å². The number of amides is 1. The molecule has 0 saturated carbocycles. The average molecular weight is 463 g/mol. The summed E-state index contributed by atoms with van der Waals surface area (Å²) >= 11 is 12.3. The third-order valence-corrected chi connectivity index (χ3v) is 5.97. The van der Waals surface area contributed by atoms with E-state index in [1.54, 1.807) is 24.3 Å². The highest BCUT2D eigenvalue weighted by molar-refractivity contribution is 6.43. The minimum atomic E-state index is -0.536. The number of nitrogens with zero attached hydrogens (tertiary/aromatic N) is 1. The van der Waals surface area contributed by atoms with Gasteiger partial charge in [0.2, 0.25) is 0 Å². The standard InChI is InChI=1S/C25H16Cl2N2O3/c26-19-9-5-8-18(24(19)27)22-13-12-15(31-22)14-28-29-25(30)23-16-6-1-3-10-20(16)32-21-11-4-2-7-17(21)23/h1-14,23H,(H,29,30)/b28-14+. The van der Waals surface area contributed by atoms with Crippen molar-refractivity contribution < 1.29 is 13.9 Å². The second kappa shape index (κ2) is 8.54. The van der Waals surface area contributed by atoms with Gasteiger partial charge < -0.3 is 9.15 Å². The molecule has 7 heteroatoms. The van der Waals surface area contributed by atoms with Crippen LogP contribution in [0.5, 0.6) is 11.5 Å². The molecule has 158 valence electrons. The van der Waals surface area contributed by atoms with E-state index in [2.05, 4.69) is 10.5 Å². The van der Waals surface area contributed by atoms with E-state index in [4.69, 9.17) is 32.4 Å². The van der Waals surface area contributed by atoms with Crippen LogP contribution in [0.3, 0.4) is 0 Å². The molecule has 5 rings (SSSR count). The molecular formula is C25H16Cl2N2O3. The number of ether oxygens (including phenoxy) is 1. The van der Waals surface area contributed by atoms with E-state index in [1.807, 2.05) is 54.6 Å². The molecule has 1 N–H and O–H groups in total. The van der Waals surface area contributed by atoms with Gasteiger partial charge in [-0.1, -0.05) is 65.7 Å². The van der Waals surface area contributed by atoms with E-state index in [9.17, 15) is 4.79 Å². The third kappa shape index (κ3) is 3.77. The Morgan fingerprint density at radius 1 is 0.875 bits per heavy atom. The number of furan rings is 1. The molecule has 0 bridgehead atoms. The SMILES string of the molecule is O=C(N/N=C/c1ccc(-c2cccc(Cl)c2Cl)o1)C1c2ccccc2Oc2ccccc21. The van der Waals surface area contributed by atoms with Gasteiger partial charge in [-0.25, -0.2) is 5.43 Å². The third-order valence-electron chi connectivity index (χ3n) is 5.15. The Morgan fingerprint density at radius 3 is 2.28 bits per heavy atom.